The summed E-state index contributed by atoms with van der Waals surface area (Å²) in [5, 5.41) is 17.9. The summed E-state index contributed by atoms with van der Waals surface area (Å²) in [6.07, 6.45) is 0.183. The second-order valence-electron chi connectivity index (χ2n) is 3.45. The summed E-state index contributed by atoms with van der Waals surface area (Å²) in [7, 11) is 0. The fraction of sp³-hybridized carbons (Fsp3) is 0.600. The summed E-state index contributed by atoms with van der Waals surface area (Å²) >= 11 is 0. The van der Waals surface area contributed by atoms with E-state index in [0.717, 1.165) is 0 Å². The van der Waals surface area contributed by atoms with Crippen LogP contribution in [0.2, 0.25) is 0 Å². The molecule has 86 valence electrons. The van der Waals surface area contributed by atoms with Gasteiger partial charge in [-0.05, 0) is 13.3 Å². The minimum Gasteiger partial charge on any atom is -0.481 e. The van der Waals surface area contributed by atoms with Crippen LogP contribution in [0, 0.1) is 5.41 Å². The Morgan fingerprint density at radius 2 is 2.00 bits per heavy atom. The summed E-state index contributed by atoms with van der Waals surface area (Å²) in [4.78, 5) is 21.9. The third kappa shape index (κ3) is 3.36. The van der Waals surface area contributed by atoms with Crippen LogP contribution in [0.5, 0.6) is 0 Å². The predicted octanol–water partition coefficient (Wildman–Crippen LogP) is 0.579. The summed E-state index contributed by atoms with van der Waals surface area (Å²) in [5.41, 5.74) is -1.21. The summed E-state index contributed by atoms with van der Waals surface area (Å²) in [5.74, 6) is -1.83. The Bertz CT molecular complexity index is 265. The monoisotopic (exact) mass is 216 g/mol. The van der Waals surface area contributed by atoms with E-state index in [2.05, 4.69) is 6.58 Å². The number of carboxylic acids is 1. The van der Waals surface area contributed by atoms with Crippen molar-refractivity contribution >= 4 is 11.9 Å². The Balaban J connectivity index is 4.50. The van der Waals surface area contributed by atoms with Gasteiger partial charge in [-0.1, -0.05) is 13.5 Å². The lowest BCUT2D eigenvalue weighted by atomic mass is 9.87. The van der Waals surface area contributed by atoms with E-state index >= 15 is 0 Å². The Morgan fingerprint density at radius 3 is 2.27 bits per heavy atom. The van der Waals surface area contributed by atoms with Crippen LogP contribution in [0.25, 0.3) is 0 Å². The van der Waals surface area contributed by atoms with Crippen molar-refractivity contribution < 1.29 is 24.5 Å². The highest BCUT2D eigenvalue weighted by molar-refractivity contribution is 5.87. The van der Waals surface area contributed by atoms with Crippen LogP contribution in [-0.4, -0.2) is 35.4 Å². The topological polar surface area (TPSA) is 83.8 Å². The molecule has 0 aliphatic carbocycles. The number of carbonyl (C=O) groups excluding carboxylic acids is 1. The van der Waals surface area contributed by atoms with Crippen molar-refractivity contribution in [1.82, 2.24) is 0 Å². The van der Waals surface area contributed by atoms with Crippen LogP contribution in [0.4, 0.5) is 0 Å². The van der Waals surface area contributed by atoms with Crippen molar-refractivity contribution in [2.45, 2.75) is 20.3 Å². The summed E-state index contributed by atoms with van der Waals surface area (Å²) in [6.45, 7) is 5.53. The third-order valence-corrected chi connectivity index (χ3v) is 2.26. The largest absolute Gasteiger partial charge is 0.481 e. The second-order valence-corrected chi connectivity index (χ2v) is 3.45. The van der Waals surface area contributed by atoms with Gasteiger partial charge in [-0.15, -0.1) is 0 Å². The van der Waals surface area contributed by atoms with Crippen molar-refractivity contribution in [3.63, 3.8) is 0 Å². The van der Waals surface area contributed by atoms with Gasteiger partial charge in [0.25, 0.3) is 0 Å². The molecule has 15 heavy (non-hydrogen) atoms. The number of carbonyl (C=O) groups is 2. The van der Waals surface area contributed by atoms with Crippen molar-refractivity contribution in [1.29, 1.82) is 0 Å². The van der Waals surface area contributed by atoms with E-state index in [0.29, 0.717) is 0 Å². The molecule has 0 aromatic rings. The van der Waals surface area contributed by atoms with Gasteiger partial charge in [0.05, 0.1) is 6.61 Å². The van der Waals surface area contributed by atoms with Gasteiger partial charge in [0.2, 0.25) is 0 Å². The van der Waals surface area contributed by atoms with Gasteiger partial charge in [0.1, 0.15) is 12.0 Å². The average Bonchev–Trinajstić information content (AvgIpc) is 2.19. The van der Waals surface area contributed by atoms with E-state index in [-0.39, 0.29) is 18.6 Å². The van der Waals surface area contributed by atoms with Gasteiger partial charge >= 0.3 is 11.9 Å². The molecule has 2 N–H and O–H groups in total. The first-order valence-corrected chi connectivity index (χ1v) is 4.56. The number of aliphatic hydroxyl groups is 1. The number of rotatable bonds is 6. The van der Waals surface area contributed by atoms with Gasteiger partial charge in [-0.25, -0.2) is 4.79 Å². The molecular formula is C10H16O5. The van der Waals surface area contributed by atoms with E-state index in [1.54, 1.807) is 6.92 Å². The molecule has 0 saturated heterocycles. The lowest BCUT2D eigenvalue weighted by molar-refractivity contribution is -0.160. The van der Waals surface area contributed by atoms with Crippen LogP contribution in [-0.2, 0) is 14.3 Å². The maximum atomic E-state index is 11.0. The first-order chi connectivity index (χ1) is 6.89. The molecule has 0 aliphatic heterocycles. The Hall–Kier alpha value is -1.36. The van der Waals surface area contributed by atoms with Crippen molar-refractivity contribution in [2.24, 2.45) is 5.41 Å². The van der Waals surface area contributed by atoms with Crippen molar-refractivity contribution in [3.8, 4) is 0 Å². The maximum absolute atomic E-state index is 11.0. The lowest BCUT2D eigenvalue weighted by Crippen LogP contribution is -2.39. The van der Waals surface area contributed by atoms with Gasteiger partial charge in [0, 0.05) is 5.57 Å². The number of aliphatic hydroxyl groups excluding tert-OH is 1. The SMILES string of the molecule is C=C(C)C(=O)OCC(CC)(CO)C(=O)O. The van der Waals surface area contributed by atoms with E-state index in [1.807, 2.05) is 0 Å². The van der Waals surface area contributed by atoms with E-state index < -0.39 is 24.0 Å². The van der Waals surface area contributed by atoms with Crippen molar-refractivity contribution in [3.05, 3.63) is 12.2 Å². The molecular weight excluding hydrogens is 200 g/mol. The number of hydrogen-bond acceptors (Lipinski definition) is 4. The molecule has 5 heteroatoms. The van der Waals surface area contributed by atoms with Gasteiger partial charge in [0.15, 0.2) is 0 Å². The molecule has 0 bridgehead atoms. The molecule has 0 heterocycles. The van der Waals surface area contributed by atoms with Gasteiger partial charge in [-0.3, -0.25) is 4.79 Å². The van der Waals surface area contributed by atoms with Crippen LogP contribution >= 0.6 is 0 Å². The summed E-state index contributed by atoms with van der Waals surface area (Å²) in [6, 6.07) is 0. The molecule has 1 atom stereocenters. The quantitative estimate of drug-likeness (QED) is 0.501. The molecule has 1 unspecified atom stereocenters. The molecule has 0 saturated carbocycles. The zero-order chi connectivity index (χ0) is 12.1. The Labute approximate surface area is 88.4 Å². The zero-order valence-corrected chi connectivity index (χ0v) is 8.95. The fourth-order valence-electron chi connectivity index (χ4n) is 0.867. The highest BCUT2D eigenvalue weighted by atomic mass is 16.5. The van der Waals surface area contributed by atoms with E-state index in [4.69, 9.17) is 14.9 Å². The Morgan fingerprint density at radius 1 is 1.47 bits per heavy atom. The van der Waals surface area contributed by atoms with Crippen LogP contribution < -0.4 is 0 Å². The molecule has 0 rings (SSSR count). The number of esters is 1. The molecule has 0 aromatic carbocycles. The second kappa shape index (κ2) is 5.50. The third-order valence-electron chi connectivity index (χ3n) is 2.26. The molecule has 0 amide bonds. The van der Waals surface area contributed by atoms with E-state index in [9.17, 15) is 9.59 Å². The smallest absolute Gasteiger partial charge is 0.333 e. The molecule has 0 aliphatic rings. The number of hydrogen-bond donors (Lipinski definition) is 2. The Kier molecular flexibility index (Phi) is 5.00. The lowest BCUT2D eigenvalue weighted by Gasteiger charge is -2.24. The van der Waals surface area contributed by atoms with Gasteiger partial charge < -0.3 is 14.9 Å². The van der Waals surface area contributed by atoms with Crippen LogP contribution in [0.3, 0.4) is 0 Å². The minimum absolute atomic E-state index is 0.183. The highest BCUT2D eigenvalue weighted by Crippen LogP contribution is 2.22. The summed E-state index contributed by atoms with van der Waals surface area (Å²) < 4.78 is 4.73. The van der Waals surface area contributed by atoms with Crippen LogP contribution in [0.1, 0.15) is 20.3 Å². The predicted molar refractivity (Wildman–Crippen MR) is 53.2 cm³/mol. The van der Waals surface area contributed by atoms with Gasteiger partial charge in [-0.2, -0.15) is 0 Å². The minimum atomic E-state index is -1.41. The average molecular weight is 216 g/mol. The van der Waals surface area contributed by atoms with Crippen molar-refractivity contribution in [2.75, 3.05) is 13.2 Å². The molecule has 0 spiro atoms. The number of carboxylic acid groups (broad SMARTS) is 1. The molecule has 0 radical (unpaired) electrons. The standard InChI is InChI=1S/C10H16O5/c1-4-10(5-11,9(13)14)6-15-8(12)7(2)3/h11H,2,4-6H2,1,3H3,(H,13,14). The van der Waals surface area contributed by atoms with Crippen LogP contribution in [0.15, 0.2) is 12.2 Å². The normalized spacial score (nSPS) is 14.1. The number of aliphatic carboxylic acids is 1. The molecule has 0 aromatic heterocycles. The number of ether oxygens (including phenoxy) is 1. The zero-order valence-electron chi connectivity index (χ0n) is 8.95. The fourth-order valence-corrected chi connectivity index (χ4v) is 0.867. The molecule has 5 nitrogen and oxygen atoms in total. The first kappa shape index (κ1) is 13.6. The highest BCUT2D eigenvalue weighted by Gasteiger charge is 2.37. The maximum Gasteiger partial charge on any atom is 0.333 e. The first-order valence-electron chi connectivity index (χ1n) is 4.56. The van der Waals surface area contributed by atoms with E-state index in [1.165, 1.54) is 6.92 Å². The molecule has 0 fully saturated rings.